The summed E-state index contributed by atoms with van der Waals surface area (Å²) >= 11 is 0. The fourth-order valence-electron chi connectivity index (χ4n) is 9.27. The van der Waals surface area contributed by atoms with Gasteiger partial charge in [0.05, 0.1) is 33.1 Å². The van der Waals surface area contributed by atoms with Crippen LogP contribution in [0.4, 0.5) is 0 Å². The average Bonchev–Trinajstić information content (AvgIpc) is 3.99. The summed E-state index contributed by atoms with van der Waals surface area (Å²) in [6.45, 7) is 0. The van der Waals surface area contributed by atoms with Gasteiger partial charge in [0.1, 0.15) is 58.2 Å². The molecule has 8 aromatic carbocycles. The number of aromatic nitrogens is 5. The standard InChI is InChI=1S/C51H25B6N5O/c52-40-37-38-46(62-34-23-13-11-21-30(34)32-24-31-29-20-10-12-22-33(29)61(35(31)25-36(32)62)28-18-8-3-9-19-28)44(56)43(55)45(57)48(38)63-47(37)42(54)39(41(40)53)51-59-49(26-14-4-1-5-15-26)58-50(60-51)27-16-6-2-7-17-27/h1-25H. The Balaban J connectivity index is 1.18. The number of hydrogen-bond donors (Lipinski definition) is 0. The largest absolute Gasteiger partial charge is 0.457 e. The Kier molecular flexibility index (Phi) is 8.32. The minimum atomic E-state index is 0.145. The summed E-state index contributed by atoms with van der Waals surface area (Å²) in [6.07, 6.45) is 0. The number of hydrogen-bond acceptors (Lipinski definition) is 4. The zero-order valence-corrected chi connectivity index (χ0v) is 33.5. The fourth-order valence-corrected chi connectivity index (χ4v) is 9.27. The molecule has 278 valence electrons. The van der Waals surface area contributed by atoms with Crippen molar-refractivity contribution in [1.29, 1.82) is 0 Å². The maximum atomic E-state index is 7.18. The molecule has 12 radical (unpaired) electrons. The lowest BCUT2D eigenvalue weighted by Crippen LogP contribution is -2.41. The topological polar surface area (TPSA) is 61.7 Å². The van der Waals surface area contributed by atoms with Crippen molar-refractivity contribution in [3.8, 4) is 45.5 Å². The molecule has 0 saturated carbocycles. The van der Waals surface area contributed by atoms with Gasteiger partial charge in [-0.05, 0) is 41.9 Å². The van der Waals surface area contributed by atoms with Crippen molar-refractivity contribution >= 4 is 145 Å². The number of fused-ring (bicyclic) bond motifs is 9. The molecule has 0 atom stereocenters. The average molecular weight is 789 g/mol. The molecule has 12 rings (SSSR count). The molecule has 0 spiro atoms. The first-order valence-electron chi connectivity index (χ1n) is 20.4. The number of nitrogens with zero attached hydrogens (tertiary/aromatic N) is 5. The number of rotatable bonds is 5. The molecule has 6 nitrogen and oxygen atoms in total. The molecule has 0 unspecified atom stereocenters. The highest BCUT2D eigenvalue weighted by Gasteiger charge is 2.27. The fraction of sp³-hybridized carbons (Fsp3) is 0. The lowest BCUT2D eigenvalue weighted by molar-refractivity contribution is 0.674. The highest BCUT2D eigenvalue weighted by molar-refractivity contribution is 6.64. The monoisotopic (exact) mass is 789 g/mol. The zero-order chi connectivity index (χ0) is 42.7. The van der Waals surface area contributed by atoms with Gasteiger partial charge in [0, 0.05) is 49.3 Å². The van der Waals surface area contributed by atoms with E-state index in [9.17, 15) is 0 Å². The van der Waals surface area contributed by atoms with Gasteiger partial charge < -0.3 is 13.6 Å². The lowest BCUT2D eigenvalue weighted by Gasteiger charge is -2.19. The van der Waals surface area contributed by atoms with Crippen LogP contribution < -0.4 is 32.8 Å². The Labute approximate surface area is 369 Å². The highest BCUT2D eigenvalue weighted by Crippen LogP contribution is 2.41. The van der Waals surface area contributed by atoms with Crippen molar-refractivity contribution < 1.29 is 4.42 Å². The molecule has 0 aliphatic heterocycles. The molecular formula is C51H25B6N5O. The minimum Gasteiger partial charge on any atom is -0.457 e. The second-order valence-corrected chi connectivity index (χ2v) is 15.7. The lowest BCUT2D eigenvalue weighted by atomic mass is 9.68. The maximum absolute atomic E-state index is 7.18. The predicted molar refractivity (Wildman–Crippen MR) is 264 cm³/mol. The molecule has 4 heterocycles. The molecular weight excluding hydrogens is 763 g/mol. The van der Waals surface area contributed by atoms with E-state index < -0.39 is 0 Å². The van der Waals surface area contributed by atoms with E-state index in [2.05, 4.69) is 69.8 Å². The summed E-state index contributed by atoms with van der Waals surface area (Å²) in [5.74, 6) is 1.08. The molecule has 0 aliphatic rings. The van der Waals surface area contributed by atoms with E-state index in [1.54, 1.807) is 0 Å². The smallest absolute Gasteiger partial charge is 0.164 e. The first kappa shape index (κ1) is 37.3. The van der Waals surface area contributed by atoms with Crippen molar-refractivity contribution in [1.82, 2.24) is 24.1 Å². The van der Waals surface area contributed by atoms with Gasteiger partial charge in [0.25, 0.3) is 0 Å². The Morgan fingerprint density at radius 3 is 1.46 bits per heavy atom. The summed E-state index contributed by atoms with van der Waals surface area (Å²) in [6, 6.07) is 50.7. The van der Waals surface area contributed by atoms with E-state index in [1.165, 1.54) is 0 Å². The van der Waals surface area contributed by atoms with Gasteiger partial charge in [0.15, 0.2) is 17.5 Å². The Hall–Kier alpha value is -7.44. The molecule has 12 aromatic rings. The Morgan fingerprint density at radius 1 is 0.365 bits per heavy atom. The zero-order valence-electron chi connectivity index (χ0n) is 33.5. The SMILES string of the molecule is [B]c1c([B])c(-n2c3ccccc3c3cc4c5ccccc5n(-c5ccccc5)c4cc32)c2c(oc3c([B])c(-c4nc(-c5ccccc5)nc(-c5ccccc5)n4)c([B])c([B])c32)c1[B]. The second-order valence-electron chi connectivity index (χ2n) is 15.7. The van der Waals surface area contributed by atoms with E-state index in [1.807, 2.05) is 91.0 Å². The van der Waals surface area contributed by atoms with E-state index in [4.69, 9.17) is 66.4 Å². The molecule has 63 heavy (non-hydrogen) atoms. The minimum absolute atomic E-state index is 0.145. The van der Waals surface area contributed by atoms with Crippen molar-refractivity contribution in [2.24, 2.45) is 0 Å². The Morgan fingerprint density at radius 2 is 0.857 bits per heavy atom. The van der Waals surface area contributed by atoms with Crippen molar-refractivity contribution in [2.45, 2.75) is 0 Å². The quantitative estimate of drug-likeness (QED) is 0.209. The summed E-state index contributed by atoms with van der Waals surface area (Å²) < 4.78 is 11.1. The van der Waals surface area contributed by atoms with Gasteiger partial charge in [0.2, 0.25) is 0 Å². The van der Waals surface area contributed by atoms with Crippen LogP contribution in [0.5, 0.6) is 0 Å². The molecule has 0 bridgehead atoms. The van der Waals surface area contributed by atoms with Crippen LogP contribution in [0.15, 0.2) is 156 Å². The van der Waals surface area contributed by atoms with Crippen molar-refractivity contribution in [3.63, 3.8) is 0 Å². The van der Waals surface area contributed by atoms with E-state index in [0.29, 0.717) is 33.7 Å². The Bertz CT molecular complexity index is 3810. The van der Waals surface area contributed by atoms with Crippen LogP contribution in [-0.2, 0) is 0 Å². The second kappa shape index (κ2) is 14.0. The molecule has 12 heteroatoms. The summed E-state index contributed by atoms with van der Waals surface area (Å²) in [7, 11) is 42.3. The van der Waals surface area contributed by atoms with Gasteiger partial charge in [-0.3, -0.25) is 0 Å². The highest BCUT2D eigenvalue weighted by atomic mass is 16.3. The number of para-hydroxylation sites is 3. The van der Waals surface area contributed by atoms with E-state index >= 15 is 0 Å². The molecule has 0 fully saturated rings. The third-order valence-electron chi connectivity index (χ3n) is 12.2. The van der Waals surface area contributed by atoms with Crippen LogP contribution in [0.2, 0.25) is 0 Å². The van der Waals surface area contributed by atoms with Crippen LogP contribution >= 0.6 is 0 Å². The predicted octanol–water partition coefficient (Wildman–Crippen LogP) is 5.73. The third kappa shape index (κ3) is 5.43. The van der Waals surface area contributed by atoms with Crippen LogP contribution in [-0.4, -0.2) is 71.2 Å². The molecule has 0 aliphatic carbocycles. The van der Waals surface area contributed by atoms with Gasteiger partial charge in [-0.25, -0.2) is 15.0 Å². The molecule has 0 amide bonds. The molecule has 0 saturated heterocycles. The van der Waals surface area contributed by atoms with Crippen molar-refractivity contribution in [3.05, 3.63) is 152 Å². The van der Waals surface area contributed by atoms with Crippen molar-refractivity contribution in [2.75, 3.05) is 0 Å². The maximum Gasteiger partial charge on any atom is 0.164 e. The van der Waals surface area contributed by atoms with Crippen LogP contribution in [0.25, 0.3) is 111 Å². The van der Waals surface area contributed by atoms with Crippen LogP contribution in [0.1, 0.15) is 0 Å². The first-order valence-corrected chi connectivity index (χ1v) is 20.4. The van der Waals surface area contributed by atoms with Gasteiger partial charge in [-0.1, -0.05) is 137 Å². The first-order chi connectivity index (χ1) is 30.8. The number of furan rings is 1. The summed E-state index contributed by atoms with van der Waals surface area (Å²) in [4.78, 5) is 14.7. The molecule has 4 aromatic heterocycles. The molecule has 0 N–H and O–H groups in total. The van der Waals surface area contributed by atoms with Gasteiger partial charge in [-0.2, -0.15) is 0 Å². The normalized spacial score (nSPS) is 11.9. The van der Waals surface area contributed by atoms with E-state index in [-0.39, 0.29) is 49.8 Å². The number of benzene rings is 8. The van der Waals surface area contributed by atoms with Crippen LogP contribution in [0, 0.1) is 0 Å². The summed E-state index contributed by atoms with van der Waals surface area (Å²) in [5.41, 5.74) is 8.81. The van der Waals surface area contributed by atoms with Gasteiger partial charge >= 0.3 is 0 Å². The van der Waals surface area contributed by atoms with Crippen LogP contribution in [0.3, 0.4) is 0 Å². The third-order valence-corrected chi connectivity index (χ3v) is 12.2. The van der Waals surface area contributed by atoms with E-state index in [0.717, 1.165) is 60.4 Å². The van der Waals surface area contributed by atoms with Gasteiger partial charge in [-0.15, -0.1) is 5.46 Å². The summed E-state index contributed by atoms with van der Waals surface area (Å²) in [5, 5.41) is 5.20.